The SMILES string of the molecule is CC(O)CN(CCN)CCCN(CCN)CCN. The predicted octanol–water partition coefficient (Wildman–Crippen LogP) is -1.76. The van der Waals surface area contributed by atoms with Crippen LogP contribution in [0.5, 0.6) is 0 Å². The Bertz CT molecular complexity index is 174. The van der Waals surface area contributed by atoms with Gasteiger partial charge in [0.25, 0.3) is 0 Å². The van der Waals surface area contributed by atoms with Gasteiger partial charge in [-0.15, -0.1) is 0 Å². The maximum absolute atomic E-state index is 9.40. The summed E-state index contributed by atoms with van der Waals surface area (Å²) in [6, 6.07) is 0. The summed E-state index contributed by atoms with van der Waals surface area (Å²) in [5.41, 5.74) is 16.7. The molecule has 0 heterocycles. The van der Waals surface area contributed by atoms with Crippen LogP contribution in [0.2, 0.25) is 0 Å². The molecule has 110 valence electrons. The molecule has 0 spiro atoms. The normalized spacial score (nSPS) is 13.5. The third-order valence-corrected chi connectivity index (χ3v) is 2.81. The fraction of sp³-hybridized carbons (Fsp3) is 1.00. The summed E-state index contributed by atoms with van der Waals surface area (Å²) in [5, 5.41) is 9.40. The molecule has 6 heteroatoms. The van der Waals surface area contributed by atoms with Crippen molar-refractivity contribution in [3.63, 3.8) is 0 Å². The van der Waals surface area contributed by atoms with Gasteiger partial charge in [-0.2, -0.15) is 0 Å². The minimum atomic E-state index is -0.305. The molecule has 0 saturated carbocycles. The summed E-state index contributed by atoms with van der Waals surface area (Å²) in [6.45, 7) is 9.02. The van der Waals surface area contributed by atoms with E-state index >= 15 is 0 Å². The van der Waals surface area contributed by atoms with Crippen LogP contribution >= 0.6 is 0 Å². The highest BCUT2D eigenvalue weighted by Crippen LogP contribution is 1.97. The Kier molecular flexibility index (Phi) is 11.7. The van der Waals surface area contributed by atoms with Gasteiger partial charge in [-0.3, -0.25) is 4.90 Å². The first-order chi connectivity index (χ1) is 8.63. The number of hydrogen-bond donors (Lipinski definition) is 4. The summed E-state index contributed by atoms with van der Waals surface area (Å²) in [6.07, 6.45) is 0.743. The van der Waals surface area contributed by atoms with Crippen molar-refractivity contribution in [2.24, 2.45) is 17.2 Å². The lowest BCUT2D eigenvalue weighted by Gasteiger charge is -2.25. The van der Waals surface area contributed by atoms with Gasteiger partial charge in [0.1, 0.15) is 0 Å². The number of aliphatic hydroxyl groups excluding tert-OH is 1. The number of aliphatic hydroxyl groups is 1. The van der Waals surface area contributed by atoms with Crippen molar-refractivity contribution in [2.45, 2.75) is 19.4 Å². The molecule has 0 rings (SSSR count). The molecule has 0 radical (unpaired) electrons. The molecule has 0 fully saturated rings. The van der Waals surface area contributed by atoms with Gasteiger partial charge in [0, 0.05) is 45.8 Å². The molecule has 1 atom stereocenters. The van der Waals surface area contributed by atoms with Crippen LogP contribution in [0.1, 0.15) is 13.3 Å². The molecule has 0 aromatic carbocycles. The third-order valence-electron chi connectivity index (χ3n) is 2.81. The Morgan fingerprint density at radius 2 is 1.28 bits per heavy atom. The zero-order valence-electron chi connectivity index (χ0n) is 11.7. The van der Waals surface area contributed by atoms with Gasteiger partial charge >= 0.3 is 0 Å². The Morgan fingerprint density at radius 1 is 0.833 bits per heavy atom. The van der Waals surface area contributed by atoms with Crippen LogP contribution in [0.4, 0.5) is 0 Å². The van der Waals surface area contributed by atoms with Crippen LogP contribution in [-0.2, 0) is 0 Å². The monoisotopic (exact) mass is 261 g/mol. The zero-order valence-corrected chi connectivity index (χ0v) is 11.7. The average molecular weight is 261 g/mol. The molecular weight excluding hydrogens is 230 g/mol. The highest BCUT2D eigenvalue weighted by atomic mass is 16.3. The number of rotatable bonds is 12. The molecule has 0 amide bonds. The molecule has 0 aromatic heterocycles. The maximum atomic E-state index is 9.40. The van der Waals surface area contributed by atoms with E-state index in [2.05, 4.69) is 9.80 Å². The minimum Gasteiger partial charge on any atom is -0.392 e. The second-order valence-electron chi connectivity index (χ2n) is 4.71. The van der Waals surface area contributed by atoms with Gasteiger partial charge in [0.05, 0.1) is 6.10 Å². The quantitative estimate of drug-likeness (QED) is 0.332. The highest BCUT2D eigenvalue weighted by molar-refractivity contribution is 4.65. The molecule has 0 aliphatic carbocycles. The first kappa shape index (κ1) is 17.8. The molecule has 1 unspecified atom stereocenters. The molecule has 0 bridgehead atoms. The fourth-order valence-corrected chi connectivity index (χ4v) is 2.07. The summed E-state index contributed by atoms with van der Waals surface area (Å²) in [7, 11) is 0. The Morgan fingerprint density at radius 3 is 1.72 bits per heavy atom. The van der Waals surface area contributed by atoms with E-state index in [1.807, 2.05) is 0 Å². The highest BCUT2D eigenvalue weighted by Gasteiger charge is 2.08. The topological polar surface area (TPSA) is 105 Å². The lowest BCUT2D eigenvalue weighted by atomic mass is 10.3. The Balaban J connectivity index is 3.86. The van der Waals surface area contributed by atoms with Gasteiger partial charge in [0.15, 0.2) is 0 Å². The van der Waals surface area contributed by atoms with E-state index in [1.165, 1.54) is 0 Å². The standard InChI is InChI=1S/C12H31N5O/c1-12(18)11-17(10-5-15)7-2-6-16(8-3-13)9-4-14/h12,18H,2-11,13-15H2,1H3. The Hall–Kier alpha value is -0.240. The molecule has 0 aliphatic heterocycles. The summed E-state index contributed by atoms with van der Waals surface area (Å²) in [5.74, 6) is 0. The van der Waals surface area contributed by atoms with Crippen LogP contribution in [-0.4, -0.2) is 79.9 Å². The minimum absolute atomic E-state index is 0.305. The second kappa shape index (κ2) is 11.8. The van der Waals surface area contributed by atoms with Crippen LogP contribution in [0.15, 0.2) is 0 Å². The van der Waals surface area contributed by atoms with Gasteiger partial charge < -0.3 is 27.2 Å². The molecule has 0 aliphatic rings. The lowest BCUT2D eigenvalue weighted by Crippen LogP contribution is -2.39. The van der Waals surface area contributed by atoms with Crippen molar-refractivity contribution < 1.29 is 5.11 Å². The molecule has 18 heavy (non-hydrogen) atoms. The summed E-state index contributed by atoms with van der Waals surface area (Å²) >= 11 is 0. The van der Waals surface area contributed by atoms with Gasteiger partial charge in [0.2, 0.25) is 0 Å². The molecule has 0 saturated heterocycles. The van der Waals surface area contributed by atoms with E-state index in [1.54, 1.807) is 6.92 Å². The van der Waals surface area contributed by atoms with Gasteiger partial charge in [-0.25, -0.2) is 0 Å². The molecule has 0 aromatic rings. The van der Waals surface area contributed by atoms with E-state index in [9.17, 15) is 5.11 Å². The van der Waals surface area contributed by atoms with Crippen molar-refractivity contribution in [1.82, 2.24) is 9.80 Å². The average Bonchev–Trinajstić information content (AvgIpc) is 2.29. The first-order valence-corrected chi connectivity index (χ1v) is 6.87. The summed E-state index contributed by atoms with van der Waals surface area (Å²) < 4.78 is 0. The van der Waals surface area contributed by atoms with Gasteiger partial charge in [-0.05, 0) is 26.4 Å². The number of hydrogen-bond acceptors (Lipinski definition) is 6. The van der Waals surface area contributed by atoms with Gasteiger partial charge in [-0.1, -0.05) is 0 Å². The number of nitrogens with two attached hydrogens (primary N) is 3. The third kappa shape index (κ3) is 9.76. The Labute approximate surface area is 111 Å². The van der Waals surface area contributed by atoms with E-state index < -0.39 is 0 Å². The lowest BCUT2D eigenvalue weighted by molar-refractivity contribution is 0.124. The van der Waals surface area contributed by atoms with Crippen molar-refractivity contribution in [1.29, 1.82) is 0 Å². The largest absolute Gasteiger partial charge is 0.392 e. The first-order valence-electron chi connectivity index (χ1n) is 6.87. The van der Waals surface area contributed by atoms with Crippen molar-refractivity contribution >= 4 is 0 Å². The number of nitrogens with zero attached hydrogens (tertiary/aromatic N) is 2. The molecular formula is C12H31N5O. The zero-order chi connectivity index (χ0) is 13.8. The van der Waals surface area contributed by atoms with Crippen LogP contribution in [0.25, 0.3) is 0 Å². The second-order valence-corrected chi connectivity index (χ2v) is 4.71. The summed E-state index contributed by atoms with van der Waals surface area (Å²) in [4.78, 5) is 4.48. The van der Waals surface area contributed by atoms with Crippen molar-refractivity contribution in [3.05, 3.63) is 0 Å². The van der Waals surface area contributed by atoms with E-state index in [0.29, 0.717) is 26.2 Å². The van der Waals surface area contributed by atoms with Crippen LogP contribution in [0.3, 0.4) is 0 Å². The van der Waals surface area contributed by atoms with E-state index in [4.69, 9.17) is 17.2 Å². The van der Waals surface area contributed by atoms with Crippen molar-refractivity contribution in [2.75, 3.05) is 58.9 Å². The van der Waals surface area contributed by atoms with Crippen molar-refractivity contribution in [3.8, 4) is 0 Å². The maximum Gasteiger partial charge on any atom is 0.0639 e. The predicted molar refractivity (Wildman–Crippen MR) is 76.3 cm³/mol. The smallest absolute Gasteiger partial charge is 0.0639 e. The van der Waals surface area contributed by atoms with E-state index in [-0.39, 0.29) is 6.10 Å². The van der Waals surface area contributed by atoms with Crippen LogP contribution in [0, 0.1) is 0 Å². The fourth-order valence-electron chi connectivity index (χ4n) is 2.07. The van der Waals surface area contributed by atoms with E-state index in [0.717, 1.165) is 39.1 Å². The van der Waals surface area contributed by atoms with Crippen LogP contribution < -0.4 is 17.2 Å². The molecule has 6 nitrogen and oxygen atoms in total. The molecule has 7 N–H and O–H groups in total.